The first-order valence-electron chi connectivity index (χ1n) is 14.2. The lowest BCUT2D eigenvalue weighted by molar-refractivity contribution is 0.265. The van der Waals surface area contributed by atoms with E-state index in [0.29, 0.717) is 12.6 Å². The number of benzene rings is 6. The van der Waals surface area contributed by atoms with Crippen molar-refractivity contribution in [2.45, 2.75) is 6.61 Å². The molecule has 0 bridgehead atoms. The molecule has 8 aromatic rings. The molecule has 1 aliphatic heterocycles. The molecule has 0 saturated heterocycles. The predicted octanol–water partition coefficient (Wildman–Crippen LogP) is 9.35. The first kappa shape index (κ1) is 23.1. The molecule has 0 atom stereocenters. The SMILES string of the molecule is c1ccc(-c2ccc3c(c2)c2cc(-c4ccccc4)ccc2n3-c2ccc3c(c2)COc2nc4ccccc4n2-3)cc1. The molecular weight excluding hydrogens is 514 g/mol. The van der Waals surface area contributed by atoms with Crippen molar-refractivity contribution >= 4 is 32.8 Å². The van der Waals surface area contributed by atoms with Crippen molar-refractivity contribution in [3.05, 3.63) is 145 Å². The van der Waals surface area contributed by atoms with Crippen LogP contribution in [0.4, 0.5) is 0 Å². The number of aromatic nitrogens is 3. The Hall–Kier alpha value is -5.61. The van der Waals surface area contributed by atoms with E-state index in [1.807, 2.05) is 18.2 Å². The van der Waals surface area contributed by atoms with Crippen LogP contribution in [0.2, 0.25) is 0 Å². The van der Waals surface area contributed by atoms with E-state index in [0.717, 1.165) is 28.0 Å². The van der Waals surface area contributed by atoms with E-state index in [1.54, 1.807) is 0 Å². The lowest BCUT2D eigenvalue weighted by atomic mass is 10.0. The Balaban J connectivity index is 1.27. The zero-order chi connectivity index (χ0) is 27.6. The third-order valence-corrected chi connectivity index (χ3v) is 8.43. The number of imidazole rings is 1. The van der Waals surface area contributed by atoms with Gasteiger partial charge in [-0.2, -0.15) is 4.98 Å². The van der Waals surface area contributed by atoms with Crippen LogP contribution in [0.25, 0.3) is 66.5 Å². The molecule has 0 unspecified atom stereocenters. The fraction of sp³-hybridized carbons (Fsp3) is 0.0263. The van der Waals surface area contributed by atoms with E-state index in [4.69, 9.17) is 9.72 Å². The molecule has 2 aromatic heterocycles. The number of hydrogen-bond donors (Lipinski definition) is 0. The molecule has 1 aliphatic rings. The van der Waals surface area contributed by atoms with Crippen molar-refractivity contribution in [1.29, 1.82) is 0 Å². The molecule has 0 saturated carbocycles. The van der Waals surface area contributed by atoms with Crippen molar-refractivity contribution in [2.24, 2.45) is 0 Å². The Morgan fingerprint density at radius 2 is 1.12 bits per heavy atom. The van der Waals surface area contributed by atoms with Gasteiger partial charge in [0.1, 0.15) is 6.61 Å². The fourth-order valence-corrected chi connectivity index (χ4v) is 6.44. The summed E-state index contributed by atoms with van der Waals surface area (Å²) in [5.74, 6) is 0. The highest BCUT2D eigenvalue weighted by molar-refractivity contribution is 6.11. The smallest absolute Gasteiger partial charge is 0.302 e. The van der Waals surface area contributed by atoms with Gasteiger partial charge in [0, 0.05) is 22.0 Å². The third-order valence-electron chi connectivity index (χ3n) is 8.43. The number of ether oxygens (including phenoxy) is 1. The highest BCUT2D eigenvalue weighted by Gasteiger charge is 2.23. The lowest BCUT2D eigenvalue weighted by Gasteiger charge is -2.21. The van der Waals surface area contributed by atoms with Crippen LogP contribution in [0.5, 0.6) is 6.01 Å². The number of hydrogen-bond acceptors (Lipinski definition) is 2. The molecule has 0 radical (unpaired) electrons. The highest BCUT2D eigenvalue weighted by atomic mass is 16.5. The van der Waals surface area contributed by atoms with Gasteiger partial charge in [-0.15, -0.1) is 0 Å². The first-order valence-corrected chi connectivity index (χ1v) is 14.2. The topological polar surface area (TPSA) is 32.0 Å². The molecule has 4 heteroatoms. The monoisotopic (exact) mass is 539 g/mol. The molecule has 0 amide bonds. The second-order valence-electron chi connectivity index (χ2n) is 10.9. The van der Waals surface area contributed by atoms with Crippen molar-refractivity contribution < 1.29 is 4.74 Å². The van der Waals surface area contributed by atoms with Gasteiger partial charge in [0.2, 0.25) is 0 Å². The molecule has 0 N–H and O–H groups in total. The summed E-state index contributed by atoms with van der Waals surface area (Å²) in [4.78, 5) is 4.71. The van der Waals surface area contributed by atoms with Gasteiger partial charge in [-0.25, -0.2) is 0 Å². The maximum Gasteiger partial charge on any atom is 0.302 e. The molecule has 0 spiro atoms. The molecule has 6 aromatic carbocycles. The minimum atomic E-state index is 0.486. The maximum absolute atomic E-state index is 6.15. The second kappa shape index (κ2) is 8.95. The number of rotatable bonds is 3. The Kier molecular flexibility index (Phi) is 4.93. The molecule has 42 heavy (non-hydrogen) atoms. The molecule has 0 aliphatic carbocycles. The van der Waals surface area contributed by atoms with Crippen molar-refractivity contribution in [3.8, 4) is 39.6 Å². The highest BCUT2D eigenvalue weighted by Crippen LogP contribution is 2.39. The molecule has 198 valence electrons. The van der Waals surface area contributed by atoms with Crippen LogP contribution in [0.1, 0.15) is 5.56 Å². The van der Waals surface area contributed by atoms with Crippen molar-refractivity contribution in [1.82, 2.24) is 14.1 Å². The van der Waals surface area contributed by atoms with E-state index < -0.39 is 0 Å². The van der Waals surface area contributed by atoms with E-state index >= 15 is 0 Å². The molecule has 3 heterocycles. The second-order valence-corrected chi connectivity index (χ2v) is 10.9. The summed E-state index contributed by atoms with van der Waals surface area (Å²) in [5, 5.41) is 2.47. The van der Waals surface area contributed by atoms with Gasteiger partial charge < -0.3 is 9.30 Å². The standard InChI is InChI=1S/C38H25N3O/c1-3-9-25(10-4-1)27-15-18-35-31(22-27)32-23-28(26-11-5-2-6-12-26)16-19-36(32)40(35)30-17-20-34-29(21-30)24-42-38-39-33-13-7-8-14-37(33)41(34)38/h1-23H,24H2. The van der Waals surface area contributed by atoms with Crippen molar-refractivity contribution in [2.75, 3.05) is 0 Å². The normalized spacial score (nSPS) is 12.4. The number of fused-ring (bicyclic) bond motifs is 8. The van der Waals surface area contributed by atoms with Gasteiger partial charge in [0.15, 0.2) is 0 Å². The van der Waals surface area contributed by atoms with Crippen LogP contribution in [0.15, 0.2) is 140 Å². The quantitative estimate of drug-likeness (QED) is 0.224. The molecule has 0 fully saturated rings. The van der Waals surface area contributed by atoms with Crippen LogP contribution >= 0.6 is 0 Å². The zero-order valence-electron chi connectivity index (χ0n) is 22.7. The summed E-state index contributed by atoms with van der Waals surface area (Å²) in [5.41, 5.74) is 12.6. The van der Waals surface area contributed by atoms with Crippen molar-refractivity contribution in [3.63, 3.8) is 0 Å². The molecule has 9 rings (SSSR count). The largest absolute Gasteiger partial charge is 0.459 e. The van der Waals surface area contributed by atoms with Crippen LogP contribution in [-0.4, -0.2) is 14.1 Å². The summed E-state index contributed by atoms with van der Waals surface area (Å²) in [6.07, 6.45) is 0. The number of nitrogens with zero attached hydrogens (tertiary/aromatic N) is 3. The van der Waals surface area contributed by atoms with E-state index in [1.165, 1.54) is 44.1 Å². The summed E-state index contributed by atoms with van der Waals surface area (Å²) in [6.45, 7) is 0.486. The maximum atomic E-state index is 6.15. The average molecular weight is 540 g/mol. The Morgan fingerprint density at radius 1 is 0.500 bits per heavy atom. The fourth-order valence-electron chi connectivity index (χ4n) is 6.44. The Morgan fingerprint density at radius 3 is 1.79 bits per heavy atom. The number of para-hydroxylation sites is 2. The van der Waals surface area contributed by atoms with Crippen LogP contribution < -0.4 is 4.74 Å². The average Bonchev–Trinajstić information content (AvgIpc) is 3.60. The van der Waals surface area contributed by atoms with Gasteiger partial charge in [-0.05, 0) is 76.9 Å². The summed E-state index contributed by atoms with van der Waals surface area (Å²) < 4.78 is 10.7. The van der Waals surface area contributed by atoms with Gasteiger partial charge >= 0.3 is 6.01 Å². The third kappa shape index (κ3) is 3.45. The van der Waals surface area contributed by atoms with Gasteiger partial charge in [0.25, 0.3) is 0 Å². The van der Waals surface area contributed by atoms with Gasteiger partial charge in [-0.1, -0.05) is 84.9 Å². The van der Waals surface area contributed by atoms with Crippen LogP contribution in [-0.2, 0) is 6.61 Å². The molecular formula is C38H25N3O. The summed E-state index contributed by atoms with van der Waals surface area (Å²) in [6, 6.07) is 50.4. The van der Waals surface area contributed by atoms with E-state index in [-0.39, 0.29) is 0 Å². The van der Waals surface area contributed by atoms with Crippen LogP contribution in [0.3, 0.4) is 0 Å². The predicted molar refractivity (Wildman–Crippen MR) is 171 cm³/mol. The lowest BCUT2D eigenvalue weighted by Crippen LogP contribution is -2.13. The molecule has 4 nitrogen and oxygen atoms in total. The van der Waals surface area contributed by atoms with Gasteiger partial charge in [0.05, 0.1) is 27.8 Å². The minimum absolute atomic E-state index is 0.486. The summed E-state index contributed by atoms with van der Waals surface area (Å²) >= 11 is 0. The summed E-state index contributed by atoms with van der Waals surface area (Å²) in [7, 11) is 0. The van der Waals surface area contributed by atoms with E-state index in [2.05, 4.69) is 130 Å². The minimum Gasteiger partial charge on any atom is -0.459 e. The van der Waals surface area contributed by atoms with Crippen LogP contribution in [0, 0.1) is 0 Å². The van der Waals surface area contributed by atoms with Gasteiger partial charge in [-0.3, -0.25) is 4.57 Å². The zero-order valence-corrected chi connectivity index (χ0v) is 22.7. The Bertz CT molecular complexity index is 2200. The van der Waals surface area contributed by atoms with E-state index in [9.17, 15) is 0 Å². The Labute approximate surface area is 242 Å². The first-order chi connectivity index (χ1) is 20.8.